The molecule has 0 saturated heterocycles. The Hall–Kier alpha value is -3.82. The third kappa shape index (κ3) is 17.1. The molecule has 0 saturated carbocycles. The van der Waals surface area contributed by atoms with Gasteiger partial charge < -0.3 is 63.7 Å². The lowest BCUT2D eigenvalue weighted by Gasteiger charge is -2.24. The molecule has 1 heterocycles. The number of unbranched alkanes of at least 4 members (excludes halogenated alkanes) is 1. The van der Waals surface area contributed by atoms with Gasteiger partial charge in [-0.1, -0.05) is 0 Å². The summed E-state index contributed by atoms with van der Waals surface area (Å²) < 4.78 is 0. The molecule has 6 atom stereocenters. The molecule has 1 rings (SSSR count). The number of carboxylic acids is 1. The minimum Gasteiger partial charge on any atom is -0.480 e. The van der Waals surface area contributed by atoms with Crippen molar-refractivity contribution in [2.45, 2.75) is 75.4 Å². The first kappa shape index (κ1) is 41.2. The van der Waals surface area contributed by atoms with Crippen molar-refractivity contribution in [3.05, 3.63) is 18.2 Å². The van der Waals surface area contributed by atoms with E-state index in [9.17, 15) is 39.0 Å². The number of hydrogen-bond acceptors (Lipinski definition) is 13. The molecule has 0 spiro atoms. The number of hydrogen-bond donors (Lipinski definition) is 13. The number of rotatable bonds is 24. The fourth-order valence-electron chi connectivity index (χ4n) is 4.09. The highest BCUT2D eigenvalue weighted by atomic mass is 32.1. The minimum atomic E-state index is -1.43. The standard InChI is InChI=1S/C27H48N10O9S/c1-15(38)23(37-24(43)18(29)13-47)27(46)32-11-21(40)35-19(4-2-3-7-30-10-17(39)5-6-28)26(45)36-20(8-16-9-31-14-34-16)25(44)33-12-22(41)42/h9,14-15,17-20,23,30,38-39,47H,2-8,10-13,28-29H2,1H3,(H,31,34)(H,32,46)(H,33,44)(H,35,40)(H,36,45)(H,37,43)(H,41,42)/t15-,17+,18+,19+,20+,23+/m1/s1. The molecule has 47 heavy (non-hydrogen) atoms. The summed E-state index contributed by atoms with van der Waals surface area (Å²) in [6.45, 7) is 1.11. The molecule has 0 bridgehead atoms. The Bertz CT molecular complexity index is 1140. The number of aliphatic hydroxyl groups is 2. The number of carboxylic acid groups (broad SMARTS) is 1. The lowest BCUT2D eigenvalue weighted by atomic mass is 10.1. The second-order valence-electron chi connectivity index (χ2n) is 10.7. The Morgan fingerprint density at radius 1 is 0.936 bits per heavy atom. The maximum Gasteiger partial charge on any atom is 0.322 e. The average Bonchev–Trinajstić information content (AvgIpc) is 3.54. The predicted octanol–water partition coefficient (Wildman–Crippen LogP) is -5.17. The van der Waals surface area contributed by atoms with E-state index in [1.165, 1.54) is 19.4 Å². The van der Waals surface area contributed by atoms with Gasteiger partial charge in [-0.15, -0.1) is 0 Å². The Morgan fingerprint density at radius 2 is 1.64 bits per heavy atom. The second-order valence-corrected chi connectivity index (χ2v) is 11.1. The van der Waals surface area contributed by atoms with E-state index in [0.29, 0.717) is 44.6 Å². The van der Waals surface area contributed by atoms with Gasteiger partial charge in [0.2, 0.25) is 29.5 Å². The van der Waals surface area contributed by atoms with Gasteiger partial charge in [-0.3, -0.25) is 28.8 Å². The van der Waals surface area contributed by atoms with Crippen LogP contribution in [0.4, 0.5) is 0 Å². The van der Waals surface area contributed by atoms with E-state index in [1.54, 1.807) is 0 Å². The zero-order chi connectivity index (χ0) is 35.4. The average molecular weight is 689 g/mol. The summed E-state index contributed by atoms with van der Waals surface area (Å²) >= 11 is 3.92. The van der Waals surface area contributed by atoms with Crippen molar-refractivity contribution in [2.24, 2.45) is 11.5 Å². The van der Waals surface area contributed by atoms with Crippen LogP contribution in [0.1, 0.15) is 38.3 Å². The van der Waals surface area contributed by atoms with Gasteiger partial charge in [0.1, 0.15) is 24.7 Å². The molecule has 0 aliphatic heterocycles. The Morgan fingerprint density at radius 3 is 2.23 bits per heavy atom. The Kier molecular flexibility index (Phi) is 19.9. The number of aliphatic carboxylic acids is 1. The van der Waals surface area contributed by atoms with Crippen LogP contribution in [-0.2, 0) is 35.2 Å². The number of aromatic nitrogens is 2. The second kappa shape index (κ2) is 22.7. The van der Waals surface area contributed by atoms with E-state index in [2.05, 4.69) is 54.5 Å². The highest BCUT2D eigenvalue weighted by Gasteiger charge is 2.30. The summed E-state index contributed by atoms with van der Waals surface area (Å²) in [7, 11) is 0. The number of carbonyl (C=O) groups excluding carboxylic acids is 5. The third-order valence-electron chi connectivity index (χ3n) is 6.67. The molecule has 0 unspecified atom stereocenters. The number of nitrogens with two attached hydrogens (primary N) is 2. The van der Waals surface area contributed by atoms with E-state index in [1.807, 2.05) is 0 Å². The van der Waals surface area contributed by atoms with E-state index in [-0.39, 0.29) is 18.6 Å². The molecule has 0 aliphatic rings. The zero-order valence-electron chi connectivity index (χ0n) is 26.2. The summed E-state index contributed by atoms with van der Waals surface area (Å²) in [6, 6.07) is -4.88. The molecular formula is C27H48N10O9S. The van der Waals surface area contributed by atoms with Crippen LogP contribution in [0.15, 0.2) is 12.5 Å². The molecule has 5 amide bonds. The van der Waals surface area contributed by atoms with Crippen molar-refractivity contribution in [2.75, 3.05) is 38.5 Å². The fourth-order valence-corrected chi connectivity index (χ4v) is 4.25. The molecule has 266 valence electrons. The smallest absolute Gasteiger partial charge is 0.322 e. The minimum absolute atomic E-state index is 0.0118. The maximum atomic E-state index is 13.4. The van der Waals surface area contributed by atoms with E-state index in [4.69, 9.17) is 16.6 Å². The number of carbonyl (C=O) groups is 6. The molecule has 1 aromatic rings. The summed E-state index contributed by atoms with van der Waals surface area (Å²) in [5.74, 6) is -5.23. The third-order valence-corrected chi connectivity index (χ3v) is 7.07. The molecule has 14 N–H and O–H groups in total. The first-order valence-corrected chi connectivity index (χ1v) is 15.7. The van der Waals surface area contributed by atoms with Crippen molar-refractivity contribution in [1.82, 2.24) is 41.9 Å². The molecule has 1 aromatic heterocycles. The quantitative estimate of drug-likeness (QED) is 0.0357. The Labute approximate surface area is 277 Å². The van der Waals surface area contributed by atoms with Gasteiger partial charge in [-0.25, -0.2) is 4.98 Å². The van der Waals surface area contributed by atoms with Gasteiger partial charge in [-0.05, 0) is 45.7 Å². The Balaban J connectivity index is 2.96. The van der Waals surface area contributed by atoms with Crippen molar-refractivity contribution in [3.8, 4) is 0 Å². The SMILES string of the molecule is C[C@@H](O)[C@H](NC(=O)[C@@H](N)CS)C(=O)NCC(=O)N[C@@H](CCCCNC[C@@H](O)CCN)C(=O)N[C@@H](Cc1cnc[nH]1)C(=O)NCC(=O)O. The van der Waals surface area contributed by atoms with Crippen LogP contribution in [0.2, 0.25) is 0 Å². The largest absolute Gasteiger partial charge is 0.480 e. The van der Waals surface area contributed by atoms with Gasteiger partial charge >= 0.3 is 5.97 Å². The van der Waals surface area contributed by atoms with Gasteiger partial charge in [0.05, 0.1) is 31.1 Å². The van der Waals surface area contributed by atoms with Gasteiger partial charge in [-0.2, -0.15) is 12.6 Å². The molecule has 0 aromatic carbocycles. The van der Waals surface area contributed by atoms with E-state index < -0.39 is 85.0 Å². The number of H-pyrrole nitrogens is 1. The van der Waals surface area contributed by atoms with Crippen LogP contribution in [0.25, 0.3) is 0 Å². The number of nitrogens with zero attached hydrogens (tertiary/aromatic N) is 1. The molecule has 19 nitrogen and oxygen atoms in total. The van der Waals surface area contributed by atoms with Crippen LogP contribution in [-0.4, -0.2) is 136 Å². The summed E-state index contributed by atoms with van der Waals surface area (Å²) in [6.07, 6.45) is 2.31. The first-order valence-electron chi connectivity index (χ1n) is 15.1. The lowest BCUT2D eigenvalue weighted by Crippen LogP contribution is -2.58. The monoisotopic (exact) mass is 688 g/mol. The van der Waals surface area contributed by atoms with Crippen LogP contribution in [0.5, 0.6) is 0 Å². The number of imidazole rings is 1. The number of aromatic amines is 1. The van der Waals surface area contributed by atoms with Gasteiger partial charge in [0.15, 0.2) is 0 Å². The highest BCUT2D eigenvalue weighted by Crippen LogP contribution is 2.05. The van der Waals surface area contributed by atoms with Crippen LogP contribution >= 0.6 is 12.6 Å². The normalized spacial score (nSPS) is 14.9. The topological polar surface area (TPSA) is 316 Å². The number of nitrogens with one attached hydrogen (secondary N) is 7. The highest BCUT2D eigenvalue weighted by molar-refractivity contribution is 7.80. The fraction of sp³-hybridized carbons (Fsp3) is 0.667. The summed E-state index contributed by atoms with van der Waals surface area (Å²) in [4.78, 5) is 81.5. The molecule has 0 radical (unpaired) electrons. The van der Waals surface area contributed by atoms with Crippen molar-refractivity contribution < 1.29 is 44.1 Å². The van der Waals surface area contributed by atoms with Crippen molar-refractivity contribution in [1.29, 1.82) is 0 Å². The van der Waals surface area contributed by atoms with Crippen LogP contribution < -0.4 is 43.4 Å². The predicted molar refractivity (Wildman–Crippen MR) is 172 cm³/mol. The number of amides is 5. The number of aliphatic hydroxyl groups excluding tert-OH is 2. The maximum absolute atomic E-state index is 13.4. The zero-order valence-corrected chi connectivity index (χ0v) is 27.1. The van der Waals surface area contributed by atoms with E-state index in [0.717, 1.165) is 0 Å². The summed E-state index contributed by atoms with van der Waals surface area (Å²) in [5, 5.41) is 43.7. The van der Waals surface area contributed by atoms with Gasteiger partial charge in [0, 0.05) is 30.6 Å². The molecule has 20 heteroatoms. The van der Waals surface area contributed by atoms with Crippen LogP contribution in [0.3, 0.4) is 0 Å². The van der Waals surface area contributed by atoms with Crippen LogP contribution in [0, 0.1) is 0 Å². The van der Waals surface area contributed by atoms with Crippen molar-refractivity contribution in [3.63, 3.8) is 0 Å². The summed E-state index contributed by atoms with van der Waals surface area (Å²) in [5.41, 5.74) is 11.5. The van der Waals surface area contributed by atoms with Gasteiger partial charge in [0.25, 0.3) is 0 Å². The lowest BCUT2D eigenvalue weighted by molar-refractivity contribution is -0.138. The first-order chi connectivity index (χ1) is 22.3. The molecule has 0 aliphatic carbocycles. The molecule has 0 fully saturated rings. The van der Waals surface area contributed by atoms with Crippen molar-refractivity contribution >= 4 is 48.1 Å². The van der Waals surface area contributed by atoms with E-state index >= 15 is 0 Å². The molecular weight excluding hydrogens is 640 g/mol. The number of thiol groups is 1.